The Morgan fingerprint density at radius 1 is 1.29 bits per heavy atom. The molecular formula is C11H15N5O5. The Kier molecular flexibility index (Phi) is 3.47. The van der Waals surface area contributed by atoms with Crippen molar-refractivity contribution in [2.45, 2.75) is 24.5 Å². The Morgan fingerprint density at radius 3 is 2.67 bits per heavy atom. The second-order valence-electron chi connectivity index (χ2n) is 4.77. The fourth-order valence-corrected chi connectivity index (χ4v) is 2.37. The molecule has 2 aromatic heterocycles. The maximum absolute atomic E-state index is 10.0. The molecule has 1 aliphatic heterocycles. The smallest absolute Gasteiger partial charge is 0.183 e. The monoisotopic (exact) mass is 297 g/mol. The van der Waals surface area contributed by atoms with Crippen molar-refractivity contribution in [3.05, 3.63) is 12.7 Å². The molecule has 0 aromatic carbocycles. The fraction of sp³-hybridized carbons (Fsp3) is 0.545. The topological polar surface area (TPSA) is 137 Å². The Labute approximate surface area is 118 Å². The van der Waals surface area contributed by atoms with Gasteiger partial charge in [-0.3, -0.25) is 9.77 Å². The van der Waals surface area contributed by atoms with Gasteiger partial charge in [0.15, 0.2) is 23.2 Å². The Hall–Kier alpha value is -1.85. The number of aliphatic hydroxyl groups excluding tert-OH is 3. The van der Waals surface area contributed by atoms with Crippen LogP contribution >= 0.6 is 0 Å². The van der Waals surface area contributed by atoms with Crippen LogP contribution in [0.4, 0.5) is 5.82 Å². The fourth-order valence-electron chi connectivity index (χ4n) is 2.37. The number of ether oxygens (including phenoxy) is 1. The van der Waals surface area contributed by atoms with Gasteiger partial charge >= 0.3 is 0 Å². The minimum absolute atomic E-state index is 0.200. The first-order valence-corrected chi connectivity index (χ1v) is 6.27. The number of rotatable bonds is 3. The highest BCUT2D eigenvalue weighted by Gasteiger charge is 2.44. The molecule has 10 heteroatoms. The van der Waals surface area contributed by atoms with Crippen molar-refractivity contribution in [3.63, 3.8) is 0 Å². The van der Waals surface area contributed by atoms with Crippen LogP contribution < -0.4 is 5.06 Å². The summed E-state index contributed by atoms with van der Waals surface area (Å²) in [5.74, 6) is 0.200. The standard InChI is InChI=1S/C11H15N5O5/c1-15(20)9-6-10(13-3-12-9)16(4-14-6)11-8(19)7(18)5(2-17)21-11/h3-5,7-8,11,17-20H,2H2,1H3. The molecule has 0 amide bonds. The number of imidazole rings is 1. The van der Waals surface area contributed by atoms with Crippen LogP contribution in [0.1, 0.15) is 6.23 Å². The number of hydroxylamine groups is 1. The number of aliphatic hydroxyl groups is 3. The molecule has 4 unspecified atom stereocenters. The lowest BCUT2D eigenvalue weighted by Gasteiger charge is -2.16. The molecule has 10 nitrogen and oxygen atoms in total. The average Bonchev–Trinajstić information content (AvgIpc) is 3.01. The van der Waals surface area contributed by atoms with Gasteiger partial charge in [0.2, 0.25) is 0 Å². The summed E-state index contributed by atoms with van der Waals surface area (Å²) in [6, 6.07) is 0. The van der Waals surface area contributed by atoms with Crippen LogP contribution in [-0.2, 0) is 4.74 Å². The molecule has 1 fully saturated rings. The lowest BCUT2D eigenvalue weighted by Crippen LogP contribution is -2.33. The number of anilines is 1. The normalized spacial score (nSPS) is 29.2. The van der Waals surface area contributed by atoms with Gasteiger partial charge in [-0.1, -0.05) is 0 Å². The van der Waals surface area contributed by atoms with Gasteiger partial charge in [-0.05, 0) is 0 Å². The van der Waals surface area contributed by atoms with E-state index in [-0.39, 0.29) is 5.82 Å². The van der Waals surface area contributed by atoms with E-state index in [0.717, 1.165) is 5.06 Å². The highest BCUT2D eigenvalue weighted by molar-refractivity contribution is 5.82. The van der Waals surface area contributed by atoms with Gasteiger partial charge in [0.1, 0.15) is 24.6 Å². The molecular weight excluding hydrogens is 282 g/mol. The van der Waals surface area contributed by atoms with E-state index >= 15 is 0 Å². The van der Waals surface area contributed by atoms with E-state index in [1.165, 1.54) is 24.3 Å². The molecule has 114 valence electrons. The van der Waals surface area contributed by atoms with Crippen molar-refractivity contribution >= 4 is 17.0 Å². The molecule has 4 atom stereocenters. The average molecular weight is 297 g/mol. The molecule has 0 spiro atoms. The minimum Gasteiger partial charge on any atom is -0.394 e. The molecule has 0 aliphatic carbocycles. The molecule has 0 bridgehead atoms. The van der Waals surface area contributed by atoms with Crippen LogP contribution in [-0.4, -0.2) is 72.0 Å². The molecule has 1 saturated heterocycles. The summed E-state index contributed by atoms with van der Waals surface area (Å²) in [5, 5.41) is 39.3. The van der Waals surface area contributed by atoms with E-state index in [2.05, 4.69) is 15.0 Å². The van der Waals surface area contributed by atoms with Gasteiger partial charge < -0.3 is 20.1 Å². The zero-order valence-corrected chi connectivity index (χ0v) is 11.1. The van der Waals surface area contributed by atoms with Gasteiger partial charge in [-0.2, -0.15) is 0 Å². The van der Waals surface area contributed by atoms with Crippen molar-refractivity contribution in [2.24, 2.45) is 0 Å². The van der Waals surface area contributed by atoms with Crippen LogP contribution in [0.15, 0.2) is 12.7 Å². The first kappa shape index (κ1) is 14.1. The summed E-state index contributed by atoms with van der Waals surface area (Å²) < 4.78 is 6.85. The molecule has 21 heavy (non-hydrogen) atoms. The van der Waals surface area contributed by atoms with E-state index in [9.17, 15) is 15.4 Å². The summed E-state index contributed by atoms with van der Waals surface area (Å²) >= 11 is 0. The second-order valence-corrected chi connectivity index (χ2v) is 4.77. The van der Waals surface area contributed by atoms with Crippen molar-refractivity contribution < 1.29 is 25.3 Å². The molecule has 3 rings (SSSR count). The lowest BCUT2D eigenvalue weighted by molar-refractivity contribution is -0.0511. The van der Waals surface area contributed by atoms with Crippen LogP contribution in [0.2, 0.25) is 0 Å². The summed E-state index contributed by atoms with van der Waals surface area (Å²) in [4.78, 5) is 12.1. The van der Waals surface area contributed by atoms with Gasteiger partial charge in [0.25, 0.3) is 0 Å². The highest BCUT2D eigenvalue weighted by atomic mass is 16.6. The predicted octanol–water partition coefficient (Wildman–Crippen LogP) is -1.74. The second kappa shape index (κ2) is 5.16. The first-order chi connectivity index (χ1) is 10.0. The number of hydrogen-bond donors (Lipinski definition) is 4. The molecule has 2 aromatic rings. The Bertz CT molecular complexity index is 647. The largest absolute Gasteiger partial charge is 0.394 e. The summed E-state index contributed by atoms with van der Waals surface area (Å²) in [6.07, 6.45) is -1.65. The maximum Gasteiger partial charge on any atom is 0.183 e. The van der Waals surface area contributed by atoms with Crippen LogP contribution in [0, 0.1) is 0 Å². The van der Waals surface area contributed by atoms with Crippen molar-refractivity contribution in [1.82, 2.24) is 19.5 Å². The van der Waals surface area contributed by atoms with E-state index in [0.29, 0.717) is 11.2 Å². The van der Waals surface area contributed by atoms with E-state index in [1.807, 2.05) is 0 Å². The quantitative estimate of drug-likeness (QED) is 0.486. The molecule has 0 saturated carbocycles. The number of nitrogens with zero attached hydrogens (tertiary/aromatic N) is 5. The van der Waals surface area contributed by atoms with Crippen molar-refractivity contribution in [1.29, 1.82) is 0 Å². The van der Waals surface area contributed by atoms with Crippen LogP contribution in [0.25, 0.3) is 11.2 Å². The number of aromatic nitrogens is 4. The third kappa shape index (κ3) is 2.13. The molecule has 1 aliphatic rings. The van der Waals surface area contributed by atoms with E-state index in [1.54, 1.807) is 0 Å². The predicted molar refractivity (Wildman–Crippen MR) is 68.5 cm³/mol. The van der Waals surface area contributed by atoms with Gasteiger partial charge in [0, 0.05) is 7.05 Å². The minimum atomic E-state index is -1.23. The molecule has 3 heterocycles. The number of fused-ring (bicyclic) bond motifs is 1. The third-order valence-electron chi connectivity index (χ3n) is 3.44. The number of hydrogen-bond acceptors (Lipinski definition) is 9. The van der Waals surface area contributed by atoms with Crippen LogP contribution in [0.3, 0.4) is 0 Å². The summed E-state index contributed by atoms with van der Waals surface area (Å²) in [7, 11) is 1.40. The Morgan fingerprint density at radius 2 is 2.05 bits per heavy atom. The SMILES string of the molecule is CN(O)c1ncnc2c1ncn2C1OC(CO)C(O)C1O. The van der Waals surface area contributed by atoms with Gasteiger partial charge in [0.05, 0.1) is 12.9 Å². The molecule has 0 radical (unpaired) electrons. The zero-order valence-electron chi connectivity index (χ0n) is 11.1. The van der Waals surface area contributed by atoms with Crippen molar-refractivity contribution in [2.75, 3.05) is 18.7 Å². The third-order valence-corrected chi connectivity index (χ3v) is 3.44. The highest BCUT2D eigenvalue weighted by Crippen LogP contribution is 2.32. The van der Waals surface area contributed by atoms with E-state index in [4.69, 9.17) is 9.84 Å². The van der Waals surface area contributed by atoms with Crippen molar-refractivity contribution in [3.8, 4) is 0 Å². The van der Waals surface area contributed by atoms with E-state index < -0.39 is 31.1 Å². The van der Waals surface area contributed by atoms with Gasteiger partial charge in [-0.15, -0.1) is 0 Å². The molecule has 4 N–H and O–H groups in total. The Balaban J connectivity index is 2.04. The van der Waals surface area contributed by atoms with Crippen LogP contribution in [0.5, 0.6) is 0 Å². The lowest BCUT2D eigenvalue weighted by atomic mass is 10.1. The van der Waals surface area contributed by atoms with Gasteiger partial charge in [-0.25, -0.2) is 20.0 Å². The first-order valence-electron chi connectivity index (χ1n) is 6.27. The summed E-state index contributed by atoms with van der Waals surface area (Å²) in [6.45, 7) is -0.416. The maximum atomic E-state index is 10.0. The summed E-state index contributed by atoms with van der Waals surface area (Å²) in [5.41, 5.74) is 0.649. The zero-order chi connectivity index (χ0) is 15.1.